The molecule has 0 spiro atoms. The number of pyridine rings is 1. The number of nitrogens with zero attached hydrogens (tertiary/aromatic N) is 1. The summed E-state index contributed by atoms with van der Waals surface area (Å²) in [6, 6.07) is 7.95. The van der Waals surface area contributed by atoms with Crippen LogP contribution in [0.5, 0.6) is 11.6 Å². The van der Waals surface area contributed by atoms with E-state index in [1.807, 2.05) is 27.0 Å². The second kappa shape index (κ2) is 5.80. The lowest BCUT2D eigenvalue weighted by Gasteiger charge is -2.13. The van der Waals surface area contributed by atoms with Gasteiger partial charge in [-0.25, -0.2) is 9.37 Å². The average Bonchev–Trinajstić information content (AvgIpc) is 2.36. The van der Waals surface area contributed by atoms with E-state index in [1.54, 1.807) is 12.1 Å². The van der Waals surface area contributed by atoms with Gasteiger partial charge in [-0.1, -0.05) is 0 Å². The first kappa shape index (κ1) is 13.5. The number of hydrogen-bond acceptors (Lipinski definition) is 3. The lowest BCUT2D eigenvalue weighted by molar-refractivity contribution is 0.450. The van der Waals surface area contributed by atoms with Gasteiger partial charge in [-0.15, -0.1) is 0 Å². The summed E-state index contributed by atoms with van der Waals surface area (Å²) in [5, 5.41) is 3.10. The quantitative estimate of drug-likeness (QED) is 0.915. The van der Waals surface area contributed by atoms with E-state index < -0.39 is 0 Å². The molecular formula is C15H17FN2O. The molecule has 0 saturated heterocycles. The molecule has 19 heavy (non-hydrogen) atoms. The summed E-state index contributed by atoms with van der Waals surface area (Å²) in [7, 11) is 1.88. The van der Waals surface area contributed by atoms with E-state index in [-0.39, 0.29) is 5.82 Å². The van der Waals surface area contributed by atoms with Crippen LogP contribution in [0.2, 0.25) is 0 Å². The highest BCUT2D eigenvalue weighted by Gasteiger charge is 2.10. The highest BCUT2D eigenvalue weighted by Crippen LogP contribution is 2.26. The highest BCUT2D eigenvalue weighted by molar-refractivity contribution is 5.38. The smallest absolute Gasteiger partial charge is 0.224 e. The molecule has 0 fully saturated rings. The topological polar surface area (TPSA) is 34.2 Å². The zero-order valence-electron chi connectivity index (χ0n) is 11.3. The molecule has 0 saturated carbocycles. The summed E-state index contributed by atoms with van der Waals surface area (Å²) in [6.45, 7) is 4.63. The monoisotopic (exact) mass is 260 g/mol. The van der Waals surface area contributed by atoms with Gasteiger partial charge in [-0.3, -0.25) is 0 Å². The molecule has 1 heterocycles. The van der Waals surface area contributed by atoms with Crippen LogP contribution >= 0.6 is 0 Å². The van der Waals surface area contributed by atoms with Crippen molar-refractivity contribution in [1.29, 1.82) is 0 Å². The van der Waals surface area contributed by atoms with Gasteiger partial charge in [0.05, 0.1) is 0 Å². The Kier molecular flexibility index (Phi) is 4.12. The fraction of sp³-hybridized carbons (Fsp3) is 0.267. The zero-order valence-corrected chi connectivity index (χ0v) is 11.3. The van der Waals surface area contributed by atoms with Crippen LogP contribution in [0.25, 0.3) is 0 Å². The van der Waals surface area contributed by atoms with Gasteiger partial charge in [0, 0.05) is 17.8 Å². The van der Waals surface area contributed by atoms with Crippen molar-refractivity contribution in [2.75, 3.05) is 7.05 Å². The van der Waals surface area contributed by atoms with E-state index in [0.29, 0.717) is 18.2 Å². The fourth-order valence-electron chi connectivity index (χ4n) is 1.92. The van der Waals surface area contributed by atoms with E-state index in [2.05, 4.69) is 10.3 Å². The standard InChI is InChI=1S/C15H17FN2O/c1-10-8-11(2)18-15(14(10)9-17-3)19-13-6-4-12(16)5-7-13/h4-8,17H,9H2,1-3H3. The predicted molar refractivity (Wildman–Crippen MR) is 72.9 cm³/mol. The second-order valence-electron chi connectivity index (χ2n) is 4.45. The normalized spacial score (nSPS) is 10.5. The molecule has 3 nitrogen and oxygen atoms in total. The van der Waals surface area contributed by atoms with E-state index in [4.69, 9.17) is 4.74 Å². The van der Waals surface area contributed by atoms with Gasteiger partial charge in [0.2, 0.25) is 5.88 Å². The van der Waals surface area contributed by atoms with Gasteiger partial charge in [0.1, 0.15) is 11.6 Å². The first-order chi connectivity index (χ1) is 9.10. The Bertz CT molecular complexity index is 567. The zero-order chi connectivity index (χ0) is 13.8. The summed E-state index contributed by atoms with van der Waals surface area (Å²) in [4.78, 5) is 4.41. The van der Waals surface area contributed by atoms with Gasteiger partial charge in [0.25, 0.3) is 0 Å². The number of ether oxygens (including phenoxy) is 1. The molecule has 100 valence electrons. The first-order valence-corrected chi connectivity index (χ1v) is 6.15. The summed E-state index contributed by atoms with van der Waals surface area (Å²) in [6.07, 6.45) is 0. The molecule has 0 amide bonds. The number of aryl methyl sites for hydroxylation is 2. The molecule has 4 heteroatoms. The minimum atomic E-state index is -0.281. The van der Waals surface area contributed by atoms with Crippen molar-refractivity contribution in [1.82, 2.24) is 10.3 Å². The maximum atomic E-state index is 12.9. The fourth-order valence-corrected chi connectivity index (χ4v) is 1.92. The molecule has 0 bridgehead atoms. The van der Waals surface area contributed by atoms with Crippen LogP contribution in [-0.4, -0.2) is 12.0 Å². The Morgan fingerprint density at radius 2 is 1.89 bits per heavy atom. The largest absolute Gasteiger partial charge is 0.439 e. The molecule has 0 aliphatic rings. The Hall–Kier alpha value is -1.94. The summed E-state index contributed by atoms with van der Waals surface area (Å²) < 4.78 is 18.6. The number of rotatable bonds is 4. The van der Waals surface area contributed by atoms with Crippen molar-refractivity contribution >= 4 is 0 Å². The third kappa shape index (κ3) is 3.29. The van der Waals surface area contributed by atoms with Crippen LogP contribution in [0.4, 0.5) is 4.39 Å². The van der Waals surface area contributed by atoms with Crippen molar-refractivity contribution in [3.05, 3.63) is 53.0 Å². The number of nitrogens with one attached hydrogen (secondary N) is 1. The lowest BCUT2D eigenvalue weighted by atomic mass is 10.1. The Labute approximate surface area is 112 Å². The van der Waals surface area contributed by atoms with Gasteiger partial charge in [-0.05, 0) is 56.8 Å². The molecule has 0 radical (unpaired) electrons. The molecule has 0 aliphatic carbocycles. The molecular weight excluding hydrogens is 243 g/mol. The molecule has 1 aromatic carbocycles. The predicted octanol–water partition coefficient (Wildman–Crippen LogP) is 3.35. The number of halogens is 1. The van der Waals surface area contributed by atoms with Gasteiger partial charge in [0.15, 0.2) is 0 Å². The third-order valence-electron chi connectivity index (χ3n) is 2.82. The maximum absolute atomic E-state index is 12.9. The number of aromatic nitrogens is 1. The van der Waals surface area contributed by atoms with Crippen LogP contribution in [0, 0.1) is 19.7 Å². The van der Waals surface area contributed by atoms with Crippen molar-refractivity contribution in [3.8, 4) is 11.6 Å². The van der Waals surface area contributed by atoms with E-state index in [0.717, 1.165) is 16.8 Å². The molecule has 0 aliphatic heterocycles. The summed E-state index contributed by atoms with van der Waals surface area (Å²) in [5.41, 5.74) is 3.03. The molecule has 0 unspecified atom stereocenters. The van der Waals surface area contributed by atoms with Crippen molar-refractivity contribution in [2.45, 2.75) is 20.4 Å². The van der Waals surface area contributed by atoms with Gasteiger partial charge in [-0.2, -0.15) is 0 Å². The second-order valence-corrected chi connectivity index (χ2v) is 4.45. The summed E-state index contributed by atoms with van der Waals surface area (Å²) >= 11 is 0. The van der Waals surface area contributed by atoms with Crippen LogP contribution < -0.4 is 10.1 Å². The molecule has 0 atom stereocenters. The lowest BCUT2D eigenvalue weighted by Crippen LogP contribution is -2.09. The number of hydrogen-bond donors (Lipinski definition) is 1. The third-order valence-corrected chi connectivity index (χ3v) is 2.82. The van der Waals surface area contributed by atoms with Crippen LogP contribution in [0.1, 0.15) is 16.8 Å². The van der Waals surface area contributed by atoms with Crippen molar-refractivity contribution in [3.63, 3.8) is 0 Å². The SMILES string of the molecule is CNCc1c(C)cc(C)nc1Oc1ccc(F)cc1. The Morgan fingerprint density at radius 1 is 1.21 bits per heavy atom. The Balaban J connectivity index is 2.35. The van der Waals surface area contributed by atoms with Crippen molar-refractivity contribution < 1.29 is 9.13 Å². The maximum Gasteiger partial charge on any atom is 0.224 e. The molecule has 1 aromatic heterocycles. The van der Waals surface area contributed by atoms with E-state index in [9.17, 15) is 4.39 Å². The molecule has 2 rings (SSSR count). The minimum absolute atomic E-state index is 0.281. The van der Waals surface area contributed by atoms with Crippen LogP contribution in [-0.2, 0) is 6.54 Å². The minimum Gasteiger partial charge on any atom is -0.439 e. The number of benzene rings is 1. The average molecular weight is 260 g/mol. The van der Waals surface area contributed by atoms with E-state index in [1.165, 1.54) is 12.1 Å². The first-order valence-electron chi connectivity index (χ1n) is 6.15. The van der Waals surface area contributed by atoms with Gasteiger partial charge < -0.3 is 10.1 Å². The van der Waals surface area contributed by atoms with Gasteiger partial charge >= 0.3 is 0 Å². The van der Waals surface area contributed by atoms with Crippen LogP contribution in [0.15, 0.2) is 30.3 Å². The highest BCUT2D eigenvalue weighted by atomic mass is 19.1. The van der Waals surface area contributed by atoms with Crippen LogP contribution in [0.3, 0.4) is 0 Å². The summed E-state index contributed by atoms with van der Waals surface area (Å²) in [5.74, 6) is 0.867. The van der Waals surface area contributed by atoms with Crippen molar-refractivity contribution in [2.24, 2.45) is 0 Å². The Morgan fingerprint density at radius 3 is 2.53 bits per heavy atom. The molecule has 1 N–H and O–H groups in total. The molecule has 2 aromatic rings. The van der Waals surface area contributed by atoms with E-state index >= 15 is 0 Å².